The molecular weight excluding hydrogens is 346 g/mol. The van der Waals surface area contributed by atoms with Gasteiger partial charge in [0, 0.05) is 15.6 Å². The van der Waals surface area contributed by atoms with Gasteiger partial charge in [-0.1, -0.05) is 12.1 Å². The van der Waals surface area contributed by atoms with Gasteiger partial charge in [-0.25, -0.2) is 0 Å². The van der Waals surface area contributed by atoms with Crippen LogP contribution in [0.1, 0.15) is 22.8 Å². The predicted molar refractivity (Wildman–Crippen MR) is 89.5 cm³/mol. The number of nitrogens with one attached hydrogen (secondary N) is 1. The molecule has 0 saturated heterocycles. The quantitative estimate of drug-likeness (QED) is 0.823. The third-order valence-electron chi connectivity index (χ3n) is 3.19. The molecule has 0 atom stereocenters. The lowest BCUT2D eigenvalue weighted by Crippen LogP contribution is -2.15. The van der Waals surface area contributed by atoms with E-state index in [0.717, 1.165) is 4.47 Å². The standard InChI is InChI=1S/C17H16BrNO3/c1-11(20)12-7-8-16(22-2)13(9-12)10-17(21)19-15-6-4-3-5-14(15)18/h3-9H,10H2,1-2H3,(H,19,21). The molecule has 114 valence electrons. The fraction of sp³-hybridized carbons (Fsp3) is 0.176. The van der Waals surface area contributed by atoms with E-state index in [1.807, 2.05) is 24.3 Å². The van der Waals surface area contributed by atoms with Crippen LogP contribution in [0.3, 0.4) is 0 Å². The minimum atomic E-state index is -0.175. The zero-order chi connectivity index (χ0) is 16.1. The summed E-state index contributed by atoms with van der Waals surface area (Å²) in [4.78, 5) is 23.7. The first-order valence-electron chi connectivity index (χ1n) is 6.73. The molecule has 2 aromatic rings. The lowest BCUT2D eigenvalue weighted by Gasteiger charge is -2.11. The molecular formula is C17H16BrNO3. The van der Waals surface area contributed by atoms with Gasteiger partial charge in [0.2, 0.25) is 5.91 Å². The Bertz CT molecular complexity index is 713. The highest BCUT2D eigenvalue weighted by molar-refractivity contribution is 9.10. The maximum Gasteiger partial charge on any atom is 0.228 e. The number of rotatable bonds is 5. The van der Waals surface area contributed by atoms with Gasteiger partial charge in [0.25, 0.3) is 0 Å². The van der Waals surface area contributed by atoms with Crippen molar-refractivity contribution in [2.24, 2.45) is 0 Å². The Kier molecular flexibility index (Phi) is 5.33. The Morgan fingerprint density at radius 1 is 1.18 bits per heavy atom. The van der Waals surface area contributed by atoms with Gasteiger partial charge in [-0.3, -0.25) is 9.59 Å². The third kappa shape index (κ3) is 3.95. The van der Waals surface area contributed by atoms with E-state index in [1.54, 1.807) is 18.2 Å². The minimum absolute atomic E-state index is 0.0462. The van der Waals surface area contributed by atoms with Crippen molar-refractivity contribution in [1.82, 2.24) is 0 Å². The van der Waals surface area contributed by atoms with Crippen molar-refractivity contribution < 1.29 is 14.3 Å². The number of carbonyl (C=O) groups is 2. The number of hydrogen-bond donors (Lipinski definition) is 1. The van der Waals surface area contributed by atoms with Crippen LogP contribution >= 0.6 is 15.9 Å². The molecule has 0 unspecified atom stereocenters. The van der Waals surface area contributed by atoms with Gasteiger partial charge >= 0.3 is 0 Å². The van der Waals surface area contributed by atoms with Gasteiger partial charge in [-0.15, -0.1) is 0 Å². The van der Waals surface area contributed by atoms with Crippen molar-refractivity contribution in [3.8, 4) is 5.75 Å². The van der Waals surface area contributed by atoms with E-state index >= 15 is 0 Å². The Balaban J connectivity index is 2.19. The number of hydrogen-bond acceptors (Lipinski definition) is 3. The average molecular weight is 362 g/mol. The molecule has 2 aromatic carbocycles. The van der Waals surface area contributed by atoms with Crippen LogP contribution in [-0.4, -0.2) is 18.8 Å². The molecule has 0 bridgehead atoms. The van der Waals surface area contributed by atoms with E-state index in [0.29, 0.717) is 22.6 Å². The summed E-state index contributed by atoms with van der Waals surface area (Å²) in [6.07, 6.45) is 0.131. The number of methoxy groups -OCH3 is 1. The van der Waals surface area contributed by atoms with Crippen LogP contribution in [0.15, 0.2) is 46.9 Å². The SMILES string of the molecule is COc1ccc(C(C)=O)cc1CC(=O)Nc1ccccc1Br. The second-order valence-electron chi connectivity index (χ2n) is 4.79. The van der Waals surface area contributed by atoms with Crippen LogP contribution in [0.4, 0.5) is 5.69 Å². The average Bonchev–Trinajstić information content (AvgIpc) is 2.49. The molecule has 5 heteroatoms. The monoisotopic (exact) mass is 361 g/mol. The molecule has 0 aromatic heterocycles. The van der Waals surface area contributed by atoms with Crippen molar-refractivity contribution in [1.29, 1.82) is 0 Å². The summed E-state index contributed by atoms with van der Waals surface area (Å²) in [6.45, 7) is 1.49. The molecule has 0 radical (unpaired) electrons. The molecule has 1 N–H and O–H groups in total. The number of benzene rings is 2. The summed E-state index contributed by atoms with van der Waals surface area (Å²) in [5.74, 6) is 0.369. The number of halogens is 1. The number of ketones is 1. The zero-order valence-corrected chi connectivity index (χ0v) is 13.9. The van der Waals surface area contributed by atoms with Crippen LogP contribution < -0.4 is 10.1 Å². The van der Waals surface area contributed by atoms with Crippen LogP contribution in [0, 0.1) is 0 Å². The van der Waals surface area contributed by atoms with Crippen LogP contribution in [0.5, 0.6) is 5.75 Å². The molecule has 0 spiro atoms. The molecule has 0 aliphatic heterocycles. The molecule has 0 aliphatic carbocycles. The highest BCUT2D eigenvalue weighted by atomic mass is 79.9. The summed E-state index contributed by atoms with van der Waals surface area (Å²) in [6, 6.07) is 12.5. The van der Waals surface area contributed by atoms with Crippen LogP contribution in [0.25, 0.3) is 0 Å². The molecule has 4 nitrogen and oxygen atoms in total. The topological polar surface area (TPSA) is 55.4 Å². The fourth-order valence-electron chi connectivity index (χ4n) is 2.07. The molecule has 0 aliphatic rings. The molecule has 1 amide bonds. The molecule has 2 rings (SSSR count). The van der Waals surface area contributed by atoms with Gasteiger partial charge < -0.3 is 10.1 Å². The Morgan fingerprint density at radius 3 is 2.55 bits per heavy atom. The summed E-state index contributed by atoms with van der Waals surface area (Å²) >= 11 is 3.38. The smallest absolute Gasteiger partial charge is 0.228 e. The second kappa shape index (κ2) is 7.22. The molecule has 0 saturated carbocycles. The number of carbonyl (C=O) groups excluding carboxylic acids is 2. The van der Waals surface area contributed by atoms with Crippen LogP contribution in [-0.2, 0) is 11.2 Å². The van der Waals surface area contributed by atoms with Crippen molar-refractivity contribution in [2.75, 3.05) is 12.4 Å². The lowest BCUT2D eigenvalue weighted by atomic mass is 10.0. The van der Waals surface area contributed by atoms with E-state index in [1.165, 1.54) is 14.0 Å². The molecule has 0 fully saturated rings. The van der Waals surface area contributed by atoms with Gasteiger partial charge in [0.1, 0.15) is 5.75 Å². The largest absolute Gasteiger partial charge is 0.496 e. The Labute approximate surface area is 137 Å². The van der Waals surface area contributed by atoms with Crippen molar-refractivity contribution >= 4 is 33.3 Å². The van der Waals surface area contributed by atoms with Gasteiger partial charge in [0.05, 0.1) is 19.2 Å². The van der Waals surface area contributed by atoms with Crippen LogP contribution in [0.2, 0.25) is 0 Å². The maximum absolute atomic E-state index is 12.2. The third-order valence-corrected chi connectivity index (χ3v) is 3.88. The predicted octanol–water partition coefficient (Wildman–Crippen LogP) is 3.84. The van der Waals surface area contributed by atoms with E-state index in [-0.39, 0.29) is 18.1 Å². The molecule has 0 heterocycles. The summed E-state index contributed by atoms with van der Waals surface area (Å²) < 4.78 is 6.07. The first-order valence-corrected chi connectivity index (χ1v) is 7.53. The molecule has 22 heavy (non-hydrogen) atoms. The van der Waals surface area contributed by atoms with Crippen molar-refractivity contribution in [2.45, 2.75) is 13.3 Å². The number of ether oxygens (including phenoxy) is 1. The van der Waals surface area contributed by atoms with E-state index in [2.05, 4.69) is 21.2 Å². The first kappa shape index (κ1) is 16.2. The summed E-state index contributed by atoms with van der Waals surface area (Å²) in [5, 5.41) is 2.83. The van der Waals surface area contributed by atoms with E-state index < -0.39 is 0 Å². The second-order valence-corrected chi connectivity index (χ2v) is 5.64. The van der Waals surface area contributed by atoms with E-state index in [4.69, 9.17) is 4.74 Å². The Hall–Kier alpha value is -2.14. The van der Waals surface area contributed by atoms with Crippen molar-refractivity contribution in [3.05, 3.63) is 58.1 Å². The number of anilines is 1. The summed E-state index contributed by atoms with van der Waals surface area (Å²) in [5.41, 5.74) is 1.94. The fourth-order valence-corrected chi connectivity index (χ4v) is 2.45. The van der Waals surface area contributed by atoms with E-state index in [9.17, 15) is 9.59 Å². The van der Waals surface area contributed by atoms with Crippen molar-refractivity contribution in [3.63, 3.8) is 0 Å². The normalized spacial score (nSPS) is 10.1. The summed E-state index contributed by atoms with van der Waals surface area (Å²) in [7, 11) is 1.54. The highest BCUT2D eigenvalue weighted by Crippen LogP contribution is 2.24. The lowest BCUT2D eigenvalue weighted by molar-refractivity contribution is -0.115. The number of amides is 1. The maximum atomic E-state index is 12.2. The minimum Gasteiger partial charge on any atom is -0.496 e. The first-order chi connectivity index (χ1) is 10.5. The van der Waals surface area contributed by atoms with Gasteiger partial charge in [0.15, 0.2) is 5.78 Å². The Morgan fingerprint density at radius 2 is 1.91 bits per heavy atom. The number of Topliss-reactive ketones (excluding diaryl/α,β-unsaturated/α-hetero) is 1. The van der Waals surface area contributed by atoms with Gasteiger partial charge in [-0.05, 0) is 53.2 Å². The zero-order valence-electron chi connectivity index (χ0n) is 12.4. The van der Waals surface area contributed by atoms with Gasteiger partial charge in [-0.2, -0.15) is 0 Å². The highest BCUT2D eigenvalue weighted by Gasteiger charge is 2.12. The number of para-hydroxylation sites is 1.